The molecular formula is C25H24ClF3N2O4S. The summed E-state index contributed by atoms with van der Waals surface area (Å²) >= 11 is 5.70. The predicted octanol–water partition coefficient (Wildman–Crippen LogP) is 5.55. The lowest BCUT2D eigenvalue weighted by atomic mass is 10.1. The second-order valence-electron chi connectivity index (χ2n) is 7.94. The van der Waals surface area contributed by atoms with Gasteiger partial charge in [-0.3, -0.25) is 4.79 Å². The number of ether oxygens (including phenoxy) is 1. The maximum absolute atomic E-state index is 13.5. The molecule has 0 bridgehead atoms. The van der Waals surface area contributed by atoms with Gasteiger partial charge in [0.15, 0.2) is 0 Å². The van der Waals surface area contributed by atoms with Crippen LogP contribution in [0.1, 0.15) is 16.7 Å². The van der Waals surface area contributed by atoms with Gasteiger partial charge in [-0.2, -0.15) is 17.5 Å². The van der Waals surface area contributed by atoms with Gasteiger partial charge in [0, 0.05) is 11.6 Å². The average Bonchev–Trinajstić information content (AvgIpc) is 2.82. The van der Waals surface area contributed by atoms with E-state index in [0.29, 0.717) is 17.4 Å². The summed E-state index contributed by atoms with van der Waals surface area (Å²) in [5.74, 6) is -0.436. The van der Waals surface area contributed by atoms with Crippen LogP contribution < -0.4 is 10.1 Å². The number of sulfonamides is 1. The molecule has 11 heteroatoms. The first-order chi connectivity index (χ1) is 16.9. The molecule has 0 aromatic heterocycles. The lowest BCUT2D eigenvalue weighted by molar-refractivity contribution is -0.137. The van der Waals surface area contributed by atoms with E-state index in [1.807, 2.05) is 18.2 Å². The molecule has 0 radical (unpaired) electrons. The van der Waals surface area contributed by atoms with E-state index in [0.717, 1.165) is 15.9 Å². The number of carbonyl (C=O) groups excluding carboxylic acids is 1. The minimum Gasteiger partial charge on any atom is -0.496 e. The number of nitrogens with one attached hydrogen (secondary N) is 1. The maximum atomic E-state index is 13.5. The average molecular weight is 541 g/mol. The largest absolute Gasteiger partial charge is 0.496 e. The summed E-state index contributed by atoms with van der Waals surface area (Å²) in [7, 11) is -2.72. The minimum absolute atomic E-state index is 0.0656. The molecule has 3 aromatic rings. The van der Waals surface area contributed by atoms with E-state index in [1.54, 1.807) is 19.1 Å². The van der Waals surface area contributed by atoms with Crippen LogP contribution in [0.25, 0.3) is 0 Å². The fourth-order valence-corrected chi connectivity index (χ4v) is 5.21. The SMILES string of the molecule is COc1ccc(S(=O)(=O)N(CCc2ccccc2)CC(=O)Nc2ccc(Cl)cc2C(F)(F)F)cc1C. The van der Waals surface area contributed by atoms with Gasteiger partial charge < -0.3 is 10.1 Å². The standard InChI is InChI=1S/C25H24ClF3N2O4S/c1-17-14-20(9-11-23(17)35-2)36(33,34)31(13-12-18-6-4-3-5-7-18)16-24(32)30-22-10-8-19(26)15-21(22)25(27,28)29/h3-11,14-15H,12-13,16H2,1-2H3,(H,30,32). The molecule has 6 nitrogen and oxygen atoms in total. The van der Waals surface area contributed by atoms with Crippen LogP contribution in [0.2, 0.25) is 5.02 Å². The molecular weight excluding hydrogens is 517 g/mol. The van der Waals surface area contributed by atoms with Crippen LogP contribution in [0.4, 0.5) is 18.9 Å². The molecule has 3 aromatic carbocycles. The number of aryl methyl sites for hydroxylation is 1. The Labute approximate surface area is 212 Å². The van der Waals surface area contributed by atoms with E-state index in [-0.39, 0.29) is 22.9 Å². The van der Waals surface area contributed by atoms with E-state index in [4.69, 9.17) is 16.3 Å². The Morgan fingerprint density at radius 3 is 2.36 bits per heavy atom. The van der Waals surface area contributed by atoms with Gasteiger partial charge in [0.25, 0.3) is 0 Å². The molecule has 0 aliphatic rings. The molecule has 0 aliphatic carbocycles. The van der Waals surface area contributed by atoms with E-state index in [9.17, 15) is 26.4 Å². The lowest BCUT2D eigenvalue weighted by Crippen LogP contribution is -2.39. The smallest absolute Gasteiger partial charge is 0.418 e. The quantitative estimate of drug-likeness (QED) is 0.386. The van der Waals surface area contributed by atoms with Crippen molar-refractivity contribution in [2.45, 2.75) is 24.4 Å². The van der Waals surface area contributed by atoms with Gasteiger partial charge >= 0.3 is 6.18 Å². The number of anilines is 1. The van der Waals surface area contributed by atoms with Crippen molar-refractivity contribution in [3.05, 3.63) is 88.4 Å². The zero-order valence-electron chi connectivity index (χ0n) is 19.5. The Balaban J connectivity index is 1.90. The maximum Gasteiger partial charge on any atom is 0.418 e. The second-order valence-corrected chi connectivity index (χ2v) is 10.3. The van der Waals surface area contributed by atoms with Crippen LogP contribution in [0.15, 0.2) is 71.6 Å². The van der Waals surface area contributed by atoms with Gasteiger partial charge in [-0.15, -0.1) is 0 Å². The molecule has 1 N–H and O–H groups in total. The molecule has 0 fully saturated rings. The molecule has 36 heavy (non-hydrogen) atoms. The summed E-state index contributed by atoms with van der Waals surface area (Å²) in [6, 6.07) is 16.2. The summed E-state index contributed by atoms with van der Waals surface area (Å²) in [5, 5.41) is 2.03. The van der Waals surface area contributed by atoms with Crippen molar-refractivity contribution in [3.8, 4) is 5.75 Å². The molecule has 0 saturated heterocycles. The van der Waals surface area contributed by atoms with E-state index >= 15 is 0 Å². The van der Waals surface area contributed by atoms with Crippen molar-refractivity contribution >= 4 is 33.2 Å². The van der Waals surface area contributed by atoms with E-state index in [1.165, 1.54) is 31.4 Å². The highest BCUT2D eigenvalue weighted by molar-refractivity contribution is 7.89. The normalized spacial score (nSPS) is 12.0. The zero-order valence-corrected chi connectivity index (χ0v) is 21.0. The summed E-state index contributed by atoms with van der Waals surface area (Å²) < 4.78 is 73.4. The van der Waals surface area contributed by atoms with Crippen molar-refractivity contribution in [1.82, 2.24) is 4.31 Å². The summed E-state index contributed by atoms with van der Waals surface area (Å²) in [6.07, 6.45) is -4.48. The number of halogens is 4. The highest BCUT2D eigenvalue weighted by atomic mass is 35.5. The summed E-state index contributed by atoms with van der Waals surface area (Å²) in [6.45, 7) is 0.913. The van der Waals surface area contributed by atoms with Crippen molar-refractivity contribution in [2.24, 2.45) is 0 Å². The Morgan fingerprint density at radius 2 is 1.75 bits per heavy atom. The zero-order chi connectivity index (χ0) is 26.5. The fourth-order valence-electron chi connectivity index (χ4n) is 3.55. The molecule has 0 spiro atoms. The topological polar surface area (TPSA) is 75.7 Å². The molecule has 0 atom stereocenters. The molecule has 0 heterocycles. The van der Waals surface area contributed by atoms with Crippen LogP contribution in [0.5, 0.6) is 5.75 Å². The van der Waals surface area contributed by atoms with Gasteiger partial charge in [0.05, 0.1) is 29.8 Å². The second kappa shape index (κ2) is 11.3. The number of hydrogen-bond acceptors (Lipinski definition) is 4. The molecule has 192 valence electrons. The highest BCUT2D eigenvalue weighted by Gasteiger charge is 2.35. The van der Waals surface area contributed by atoms with Gasteiger partial charge in [-0.1, -0.05) is 41.9 Å². The predicted molar refractivity (Wildman–Crippen MR) is 132 cm³/mol. The van der Waals surface area contributed by atoms with Crippen molar-refractivity contribution in [3.63, 3.8) is 0 Å². The molecule has 0 unspecified atom stereocenters. The van der Waals surface area contributed by atoms with Crippen LogP contribution >= 0.6 is 11.6 Å². The number of nitrogens with zero attached hydrogens (tertiary/aromatic N) is 1. The molecule has 0 aliphatic heterocycles. The van der Waals surface area contributed by atoms with Gasteiger partial charge in [0.1, 0.15) is 5.75 Å². The number of carbonyl (C=O) groups is 1. The Bertz CT molecular complexity index is 1330. The monoisotopic (exact) mass is 540 g/mol. The third-order valence-electron chi connectivity index (χ3n) is 5.38. The first-order valence-electron chi connectivity index (χ1n) is 10.8. The first kappa shape index (κ1) is 27.5. The van der Waals surface area contributed by atoms with Crippen LogP contribution in [-0.4, -0.2) is 38.8 Å². The van der Waals surface area contributed by atoms with E-state index in [2.05, 4.69) is 5.32 Å². The van der Waals surface area contributed by atoms with Gasteiger partial charge in [-0.05, 0) is 60.9 Å². The van der Waals surface area contributed by atoms with Crippen LogP contribution in [0.3, 0.4) is 0 Å². The number of methoxy groups -OCH3 is 1. The Kier molecular flexibility index (Phi) is 8.65. The number of benzene rings is 3. The number of rotatable bonds is 9. The van der Waals surface area contributed by atoms with Crippen molar-refractivity contribution in [2.75, 3.05) is 25.5 Å². The van der Waals surface area contributed by atoms with Crippen molar-refractivity contribution in [1.29, 1.82) is 0 Å². The van der Waals surface area contributed by atoms with Crippen molar-refractivity contribution < 1.29 is 31.1 Å². The van der Waals surface area contributed by atoms with Crippen LogP contribution in [0, 0.1) is 6.92 Å². The summed E-state index contributed by atoms with van der Waals surface area (Å²) in [5.41, 5.74) is -0.242. The van der Waals surface area contributed by atoms with Crippen LogP contribution in [-0.2, 0) is 27.4 Å². The third-order valence-corrected chi connectivity index (χ3v) is 7.45. The number of hydrogen-bond donors (Lipinski definition) is 1. The van der Waals surface area contributed by atoms with Gasteiger partial charge in [0.2, 0.25) is 15.9 Å². The molecule has 0 saturated carbocycles. The third kappa shape index (κ3) is 6.77. The van der Waals surface area contributed by atoms with E-state index < -0.39 is 39.9 Å². The minimum atomic E-state index is -4.77. The number of alkyl halides is 3. The Morgan fingerprint density at radius 1 is 1.06 bits per heavy atom. The first-order valence-corrected chi connectivity index (χ1v) is 12.6. The fraction of sp³-hybridized carbons (Fsp3) is 0.240. The van der Waals surface area contributed by atoms with Gasteiger partial charge in [-0.25, -0.2) is 8.42 Å². The Hall–Kier alpha value is -3.08. The molecule has 3 rings (SSSR count). The summed E-state index contributed by atoms with van der Waals surface area (Å²) in [4.78, 5) is 12.7. The molecule has 1 amide bonds. The number of amides is 1. The highest BCUT2D eigenvalue weighted by Crippen LogP contribution is 2.36. The lowest BCUT2D eigenvalue weighted by Gasteiger charge is -2.23.